The van der Waals surface area contributed by atoms with Gasteiger partial charge in [0.15, 0.2) is 0 Å². The summed E-state index contributed by atoms with van der Waals surface area (Å²) in [5.74, 6) is -0.909. The first-order valence-corrected chi connectivity index (χ1v) is 7.69. The minimum Gasteiger partial charge on any atom is -0.477 e. The zero-order valence-electron chi connectivity index (χ0n) is 10.0. The van der Waals surface area contributed by atoms with Crippen molar-refractivity contribution in [2.24, 2.45) is 0 Å². The minimum atomic E-state index is -0.909. The molecule has 2 heterocycles. The molecular weight excluding hydrogens is 314 g/mol. The van der Waals surface area contributed by atoms with Crippen molar-refractivity contribution in [1.29, 1.82) is 0 Å². The molecule has 3 nitrogen and oxygen atoms in total. The van der Waals surface area contributed by atoms with Crippen LogP contribution in [-0.4, -0.2) is 16.1 Å². The minimum absolute atomic E-state index is 0.325. The fourth-order valence-electron chi connectivity index (χ4n) is 1.75. The van der Waals surface area contributed by atoms with Gasteiger partial charge in [-0.15, -0.1) is 11.3 Å². The van der Waals surface area contributed by atoms with Crippen molar-refractivity contribution >= 4 is 50.8 Å². The van der Waals surface area contributed by atoms with Crippen molar-refractivity contribution in [3.63, 3.8) is 0 Å². The summed E-state index contributed by atoms with van der Waals surface area (Å²) < 4.78 is 0.876. The van der Waals surface area contributed by atoms with E-state index in [1.54, 1.807) is 30.2 Å². The molecule has 20 heavy (non-hydrogen) atoms. The number of nitrogens with zero attached hydrogens (tertiary/aromatic N) is 1. The zero-order chi connectivity index (χ0) is 14.1. The van der Waals surface area contributed by atoms with Crippen molar-refractivity contribution in [2.45, 2.75) is 9.79 Å². The Morgan fingerprint density at radius 2 is 2.00 bits per heavy atom. The van der Waals surface area contributed by atoms with Crippen LogP contribution in [-0.2, 0) is 0 Å². The number of benzene rings is 1. The van der Waals surface area contributed by atoms with Crippen LogP contribution in [0.25, 0.3) is 10.1 Å². The summed E-state index contributed by atoms with van der Waals surface area (Å²) in [6.45, 7) is 0. The monoisotopic (exact) mass is 321 g/mol. The molecule has 0 saturated heterocycles. The molecule has 0 aliphatic carbocycles. The lowest BCUT2D eigenvalue weighted by Crippen LogP contribution is -1.89. The maximum atomic E-state index is 11.0. The summed E-state index contributed by atoms with van der Waals surface area (Å²) in [7, 11) is 0. The molecule has 1 N–H and O–H groups in total. The number of thiophene rings is 1. The molecule has 2 aromatic heterocycles. The summed E-state index contributed by atoms with van der Waals surface area (Å²) in [6, 6.07) is 9.20. The first kappa shape index (κ1) is 13.4. The van der Waals surface area contributed by atoms with E-state index in [1.807, 2.05) is 24.3 Å². The highest BCUT2D eigenvalue weighted by atomic mass is 35.5. The smallest absolute Gasteiger partial charge is 0.345 e. The zero-order valence-corrected chi connectivity index (χ0v) is 12.4. The third kappa shape index (κ3) is 2.65. The van der Waals surface area contributed by atoms with Crippen LogP contribution in [0.2, 0.25) is 5.02 Å². The van der Waals surface area contributed by atoms with Crippen LogP contribution in [0, 0.1) is 0 Å². The van der Waals surface area contributed by atoms with E-state index in [4.69, 9.17) is 16.7 Å². The molecule has 1 aromatic carbocycles. The maximum Gasteiger partial charge on any atom is 0.345 e. The lowest BCUT2D eigenvalue weighted by Gasteiger charge is -2.02. The molecule has 0 aliphatic heterocycles. The van der Waals surface area contributed by atoms with E-state index in [9.17, 15) is 4.79 Å². The molecule has 3 aromatic rings. The highest BCUT2D eigenvalue weighted by Crippen LogP contribution is 2.36. The SMILES string of the molecule is O=C(O)c1cc2c(Sc3ccc(Cl)cc3)cncc2s1. The second-order valence-corrected chi connectivity index (χ2v) is 6.66. The van der Waals surface area contributed by atoms with Crippen LogP contribution in [0.3, 0.4) is 0 Å². The van der Waals surface area contributed by atoms with E-state index in [0.717, 1.165) is 19.9 Å². The second-order valence-electron chi connectivity index (χ2n) is 4.02. The molecule has 6 heteroatoms. The van der Waals surface area contributed by atoms with Gasteiger partial charge in [0, 0.05) is 32.6 Å². The van der Waals surface area contributed by atoms with Crippen molar-refractivity contribution < 1.29 is 9.90 Å². The van der Waals surface area contributed by atoms with Gasteiger partial charge in [0.05, 0.1) is 4.70 Å². The fourth-order valence-corrected chi connectivity index (χ4v) is 3.75. The summed E-state index contributed by atoms with van der Waals surface area (Å²) in [4.78, 5) is 17.5. The van der Waals surface area contributed by atoms with E-state index in [2.05, 4.69) is 4.98 Å². The highest BCUT2D eigenvalue weighted by Gasteiger charge is 2.12. The Morgan fingerprint density at radius 3 is 2.70 bits per heavy atom. The quantitative estimate of drug-likeness (QED) is 0.753. The number of hydrogen-bond acceptors (Lipinski definition) is 4. The van der Waals surface area contributed by atoms with E-state index in [-0.39, 0.29) is 0 Å². The molecule has 3 rings (SSSR count). The molecule has 0 spiro atoms. The summed E-state index contributed by atoms with van der Waals surface area (Å²) >= 11 is 8.64. The molecule has 0 aliphatic rings. The van der Waals surface area contributed by atoms with Crippen LogP contribution in [0.1, 0.15) is 9.67 Å². The van der Waals surface area contributed by atoms with Gasteiger partial charge in [-0.05, 0) is 30.3 Å². The van der Waals surface area contributed by atoms with Crippen molar-refractivity contribution in [3.05, 3.63) is 52.6 Å². The van der Waals surface area contributed by atoms with Crippen LogP contribution < -0.4 is 0 Å². The first-order valence-electron chi connectivity index (χ1n) is 5.68. The molecular formula is C14H8ClNO2S2. The number of carbonyl (C=O) groups is 1. The summed E-state index contributed by atoms with van der Waals surface area (Å²) in [5, 5.41) is 10.7. The Balaban J connectivity index is 2.02. The lowest BCUT2D eigenvalue weighted by atomic mass is 10.3. The summed E-state index contributed by atoms with van der Waals surface area (Å²) in [6.07, 6.45) is 3.44. The number of aromatic carboxylic acids is 1. The second kappa shape index (κ2) is 5.44. The van der Waals surface area contributed by atoms with Gasteiger partial charge in [-0.1, -0.05) is 23.4 Å². The molecule has 0 atom stereocenters. The molecule has 0 unspecified atom stereocenters. The largest absolute Gasteiger partial charge is 0.477 e. The predicted octanol–water partition coefficient (Wildman–Crippen LogP) is 4.80. The average molecular weight is 322 g/mol. The van der Waals surface area contributed by atoms with Gasteiger partial charge in [0.25, 0.3) is 0 Å². The fraction of sp³-hybridized carbons (Fsp3) is 0. The van der Waals surface area contributed by atoms with Crippen LogP contribution in [0.15, 0.2) is 52.5 Å². The van der Waals surface area contributed by atoms with Gasteiger partial charge in [-0.2, -0.15) is 0 Å². The molecule has 0 amide bonds. The number of hydrogen-bond donors (Lipinski definition) is 1. The topological polar surface area (TPSA) is 50.2 Å². The number of carboxylic acids is 1. The number of fused-ring (bicyclic) bond motifs is 1. The van der Waals surface area contributed by atoms with Gasteiger partial charge < -0.3 is 5.11 Å². The number of aromatic nitrogens is 1. The average Bonchev–Trinajstić information content (AvgIpc) is 2.87. The third-order valence-corrected chi connectivity index (χ3v) is 5.02. The Morgan fingerprint density at radius 1 is 1.25 bits per heavy atom. The molecule has 100 valence electrons. The number of halogens is 1. The lowest BCUT2D eigenvalue weighted by molar-refractivity contribution is 0.0702. The molecule has 0 bridgehead atoms. The van der Waals surface area contributed by atoms with Crippen LogP contribution in [0.4, 0.5) is 0 Å². The van der Waals surface area contributed by atoms with Crippen molar-refractivity contribution in [1.82, 2.24) is 4.98 Å². The summed E-state index contributed by atoms with van der Waals surface area (Å²) in [5.41, 5.74) is 0. The maximum absolute atomic E-state index is 11.0. The molecule has 0 fully saturated rings. The first-order chi connectivity index (χ1) is 9.63. The standard InChI is InChI=1S/C14H8ClNO2S2/c15-8-1-3-9(4-2-8)19-12-6-16-7-13-10(12)5-11(20-13)14(17)18/h1-7H,(H,17,18). The molecule has 0 saturated carbocycles. The van der Waals surface area contributed by atoms with Gasteiger partial charge in [0.1, 0.15) is 4.88 Å². The number of rotatable bonds is 3. The number of pyridine rings is 1. The Hall–Kier alpha value is -1.56. The molecule has 0 radical (unpaired) electrons. The van der Waals surface area contributed by atoms with Crippen LogP contribution >= 0.6 is 34.7 Å². The third-order valence-electron chi connectivity index (χ3n) is 2.66. The normalized spacial score (nSPS) is 10.8. The van der Waals surface area contributed by atoms with Gasteiger partial charge in [-0.3, -0.25) is 4.98 Å². The van der Waals surface area contributed by atoms with Crippen molar-refractivity contribution in [2.75, 3.05) is 0 Å². The Bertz CT molecular complexity index is 783. The van der Waals surface area contributed by atoms with E-state index in [1.165, 1.54) is 11.3 Å². The van der Waals surface area contributed by atoms with E-state index < -0.39 is 5.97 Å². The van der Waals surface area contributed by atoms with Crippen LogP contribution in [0.5, 0.6) is 0 Å². The van der Waals surface area contributed by atoms with Gasteiger partial charge in [0.2, 0.25) is 0 Å². The van der Waals surface area contributed by atoms with Crippen molar-refractivity contribution in [3.8, 4) is 0 Å². The van der Waals surface area contributed by atoms with Gasteiger partial charge in [-0.25, -0.2) is 4.79 Å². The number of carboxylic acid groups (broad SMARTS) is 1. The predicted molar refractivity (Wildman–Crippen MR) is 82.2 cm³/mol. The van der Waals surface area contributed by atoms with Gasteiger partial charge >= 0.3 is 5.97 Å². The Labute approximate surface area is 128 Å². The van der Waals surface area contributed by atoms with E-state index >= 15 is 0 Å². The van der Waals surface area contributed by atoms with E-state index in [0.29, 0.717) is 9.90 Å². The highest BCUT2D eigenvalue weighted by molar-refractivity contribution is 7.99. The Kier molecular flexibility index (Phi) is 3.65.